The van der Waals surface area contributed by atoms with Gasteiger partial charge in [0.05, 0.1) is 22.6 Å². The summed E-state index contributed by atoms with van der Waals surface area (Å²) in [6.07, 6.45) is -6.64. The third-order valence-corrected chi connectivity index (χ3v) is 5.13. The lowest BCUT2D eigenvalue weighted by Crippen LogP contribution is -2.17. The predicted octanol–water partition coefficient (Wildman–Crippen LogP) is 6.62. The maximum atomic E-state index is 14.6. The van der Waals surface area contributed by atoms with E-state index in [1.165, 1.54) is 24.3 Å². The van der Waals surface area contributed by atoms with Gasteiger partial charge in [0, 0.05) is 13.0 Å². The zero-order valence-electron chi connectivity index (χ0n) is 18.1. The molecule has 2 atom stereocenters. The molecular weight excluding hydrogens is 448 g/mol. The van der Waals surface area contributed by atoms with Gasteiger partial charge in [-0.25, -0.2) is 13.2 Å². The molecule has 0 bridgehead atoms. The highest BCUT2D eigenvalue weighted by atomic mass is 19.4. The molecule has 4 nitrogen and oxygen atoms in total. The summed E-state index contributed by atoms with van der Waals surface area (Å²) >= 11 is 0. The first-order valence-electron chi connectivity index (χ1n) is 10.6. The largest absolute Gasteiger partial charge is 0.416 e. The van der Waals surface area contributed by atoms with Crippen molar-refractivity contribution in [1.82, 2.24) is 0 Å². The van der Waals surface area contributed by atoms with Crippen LogP contribution in [0.3, 0.4) is 0 Å². The van der Waals surface area contributed by atoms with E-state index < -0.39 is 35.8 Å². The Balaban J connectivity index is 1.87. The third-order valence-electron chi connectivity index (χ3n) is 5.13. The van der Waals surface area contributed by atoms with Gasteiger partial charge >= 0.3 is 6.18 Å². The van der Waals surface area contributed by atoms with Crippen molar-refractivity contribution < 1.29 is 31.1 Å². The number of nitrogens with two attached hydrogens (primary N) is 1. The zero-order valence-corrected chi connectivity index (χ0v) is 18.1. The number of alkyl halides is 5. The molecule has 0 aliphatic rings. The quantitative estimate of drug-likeness (QED) is 0.194. The fourth-order valence-electron chi connectivity index (χ4n) is 3.12. The first-order valence-corrected chi connectivity index (χ1v) is 10.6. The monoisotopic (exact) mass is 475 g/mol. The average Bonchev–Trinajstić information content (AvgIpc) is 2.78. The lowest BCUT2D eigenvalue weighted by molar-refractivity contribution is -0.137. The lowest BCUT2D eigenvalue weighted by Gasteiger charge is -2.14. The van der Waals surface area contributed by atoms with E-state index in [0.29, 0.717) is 18.4 Å². The van der Waals surface area contributed by atoms with Crippen molar-refractivity contribution >= 4 is 23.0 Å². The molecule has 4 N–H and O–H groups in total. The van der Waals surface area contributed by atoms with E-state index in [1.54, 1.807) is 6.92 Å². The Kier molecular flexibility index (Phi) is 9.43. The van der Waals surface area contributed by atoms with Gasteiger partial charge in [0.15, 0.2) is 5.82 Å². The highest BCUT2D eigenvalue weighted by molar-refractivity contribution is 5.94. The fourth-order valence-corrected chi connectivity index (χ4v) is 3.12. The van der Waals surface area contributed by atoms with Gasteiger partial charge in [-0.05, 0) is 55.5 Å². The van der Waals surface area contributed by atoms with Crippen LogP contribution < -0.4 is 16.4 Å². The van der Waals surface area contributed by atoms with Crippen LogP contribution >= 0.6 is 0 Å². The molecule has 2 unspecified atom stereocenters. The SMILES string of the molecule is CCC(F)C(F)CCCCC(=O)Nc1ccc(NCc2ccc(C(F)(F)F)cc2)c(F)c1N. The normalized spacial score (nSPS) is 13.4. The molecule has 2 aromatic carbocycles. The average molecular weight is 475 g/mol. The van der Waals surface area contributed by atoms with Crippen LogP contribution in [0.1, 0.15) is 50.2 Å². The second kappa shape index (κ2) is 11.8. The van der Waals surface area contributed by atoms with Crippen LogP contribution in [-0.4, -0.2) is 18.3 Å². The van der Waals surface area contributed by atoms with Crippen LogP contribution in [0.2, 0.25) is 0 Å². The highest BCUT2D eigenvalue weighted by Gasteiger charge is 2.29. The van der Waals surface area contributed by atoms with Crippen LogP contribution in [0, 0.1) is 5.82 Å². The number of nitrogens with one attached hydrogen (secondary N) is 2. The number of hydrogen-bond acceptors (Lipinski definition) is 3. The van der Waals surface area contributed by atoms with Crippen molar-refractivity contribution in [2.24, 2.45) is 0 Å². The Morgan fingerprint density at radius 2 is 1.64 bits per heavy atom. The van der Waals surface area contributed by atoms with E-state index in [-0.39, 0.29) is 42.9 Å². The minimum atomic E-state index is -4.44. The van der Waals surface area contributed by atoms with Crippen molar-refractivity contribution in [1.29, 1.82) is 0 Å². The van der Waals surface area contributed by atoms with Gasteiger partial charge < -0.3 is 16.4 Å². The number of rotatable bonds is 11. The van der Waals surface area contributed by atoms with E-state index in [2.05, 4.69) is 10.6 Å². The maximum absolute atomic E-state index is 14.6. The number of carbonyl (C=O) groups excluding carboxylic acids is 1. The second-order valence-electron chi connectivity index (χ2n) is 7.67. The number of anilines is 3. The molecule has 0 aromatic heterocycles. The summed E-state index contributed by atoms with van der Waals surface area (Å²) < 4.78 is 79.1. The Bertz CT molecular complexity index is 918. The molecule has 0 saturated carbocycles. The van der Waals surface area contributed by atoms with Crippen LogP contribution in [0.4, 0.5) is 43.4 Å². The van der Waals surface area contributed by atoms with E-state index >= 15 is 0 Å². The summed E-state index contributed by atoms with van der Waals surface area (Å²) in [4.78, 5) is 12.1. The minimum Gasteiger partial charge on any atom is -0.395 e. The molecule has 182 valence electrons. The smallest absolute Gasteiger partial charge is 0.395 e. The third kappa shape index (κ3) is 7.87. The van der Waals surface area contributed by atoms with Gasteiger partial charge in [0.25, 0.3) is 0 Å². The molecule has 33 heavy (non-hydrogen) atoms. The summed E-state index contributed by atoms with van der Waals surface area (Å²) in [7, 11) is 0. The highest BCUT2D eigenvalue weighted by Crippen LogP contribution is 2.30. The molecule has 10 heteroatoms. The number of halogens is 6. The predicted molar refractivity (Wildman–Crippen MR) is 117 cm³/mol. The van der Waals surface area contributed by atoms with Gasteiger partial charge in [-0.1, -0.05) is 19.1 Å². The van der Waals surface area contributed by atoms with Crippen molar-refractivity contribution in [3.8, 4) is 0 Å². The molecule has 0 radical (unpaired) electrons. The fraction of sp³-hybridized carbons (Fsp3) is 0.435. The van der Waals surface area contributed by atoms with Gasteiger partial charge in [0.1, 0.15) is 12.3 Å². The number of hydrogen-bond donors (Lipinski definition) is 3. The molecule has 1 amide bonds. The van der Waals surface area contributed by atoms with Crippen molar-refractivity contribution in [2.75, 3.05) is 16.4 Å². The number of amides is 1. The van der Waals surface area contributed by atoms with Crippen molar-refractivity contribution in [2.45, 2.75) is 64.1 Å². The molecule has 0 fully saturated rings. The van der Waals surface area contributed by atoms with Crippen molar-refractivity contribution in [3.63, 3.8) is 0 Å². The van der Waals surface area contributed by atoms with Crippen molar-refractivity contribution in [3.05, 3.63) is 53.3 Å². The van der Waals surface area contributed by atoms with Crippen LogP contribution in [-0.2, 0) is 17.5 Å². The van der Waals surface area contributed by atoms with E-state index in [0.717, 1.165) is 12.1 Å². The molecule has 2 aromatic rings. The molecule has 0 heterocycles. The van der Waals surface area contributed by atoms with Gasteiger partial charge in [-0.15, -0.1) is 0 Å². The standard InChI is InChI=1S/C23H27F6N3O/c1-2-16(24)17(25)5-3-4-6-20(33)32-19-12-11-18(21(26)22(19)30)31-13-14-7-9-15(10-8-14)23(27,28)29/h7-12,16-17,31H,2-6,13,30H2,1H3,(H,32,33). The van der Waals surface area contributed by atoms with Gasteiger partial charge in [0.2, 0.25) is 5.91 Å². The summed E-state index contributed by atoms with van der Waals surface area (Å²) in [6, 6.07) is 7.20. The number of carbonyl (C=O) groups is 1. The van der Waals surface area contributed by atoms with Crippen LogP contribution in [0.15, 0.2) is 36.4 Å². The van der Waals surface area contributed by atoms with Crippen LogP contribution in [0.5, 0.6) is 0 Å². The summed E-state index contributed by atoms with van der Waals surface area (Å²) in [5.74, 6) is -1.25. The van der Waals surface area contributed by atoms with Gasteiger partial charge in [-0.3, -0.25) is 4.79 Å². The Labute approximate surface area is 188 Å². The second-order valence-corrected chi connectivity index (χ2v) is 7.67. The minimum absolute atomic E-state index is 0.0242. The molecule has 2 rings (SSSR count). The van der Waals surface area contributed by atoms with Gasteiger partial charge in [-0.2, -0.15) is 13.2 Å². The Morgan fingerprint density at radius 3 is 2.24 bits per heavy atom. The lowest BCUT2D eigenvalue weighted by atomic mass is 10.1. The van der Waals surface area contributed by atoms with E-state index in [4.69, 9.17) is 5.73 Å². The molecule has 0 aliphatic carbocycles. The number of unbranched alkanes of at least 4 members (excludes halogenated alkanes) is 1. The summed E-state index contributed by atoms with van der Waals surface area (Å²) in [5.41, 5.74) is 5.28. The Morgan fingerprint density at radius 1 is 1.00 bits per heavy atom. The zero-order chi connectivity index (χ0) is 24.6. The summed E-state index contributed by atoms with van der Waals surface area (Å²) in [6.45, 7) is 1.62. The van der Waals surface area contributed by atoms with E-state index in [9.17, 15) is 31.1 Å². The number of nitrogen functional groups attached to an aromatic ring is 1. The number of benzene rings is 2. The van der Waals surface area contributed by atoms with Crippen LogP contribution in [0.25, 0.3) is 0 Å². The van der Waals surface area contributed by atoms with E-state index in [1.807, 2.05) is 0 Å². The maximum Gasteiger partial charge on any atom is 0.416 e. The Hall–Kier alpha value is -2.91. The first-order chi connectivity index (χ1) is 15.5. The first kappa shape index (κ1) is 26.3. The molecule has 0 spiro atoms. The molecule has 0 aliphatic heterocycles. The molecule has 0 saturated heterocycles. The topological polar surface area (TPSA) is 67.2 Å². The summed E-state index contributed by atoms with van der Waals surface area (Å²) in [5, 5.41) is 5.25. The molecular formula is C23H27F6N3O.